The molecule has 0 unspecified atom stereocenters. The normalized spacial score (nSPS) is 20.2. The molecule has 0 bridgehead atoms. The van der Waals surface area contributed by atoms with Gasteiger partial charge in [-0.2, -0.15) is 4.31 Å². The molecule has 0 amide bonds. The average Bonchev–Trinajstić information content (AvgIpc) is 2.78. The van der Waals surface area contributed by atoms with E-state index in [1.807, 2.05) is 6.92 Å². The van der Waals surface area contributed by atoms with E-state index in [0.717, 1.165) is 6.42 Å². The van der Waals surface area contributed by atoms with E-state index in [1.54, 1.807) is 13.8 Å². The number of rotatable bonds is 4. The molecule has 0 aromatic carbocycles. The summed E-state index contributed by atoms with van der Waals surface area (Å²) in [4.78, 5) is 0.186. The molecule has 6 nitrogen and oxygen atoms in total. The van der Waals surface area contributed by atoms with Crippen molar-refractivity contribution in [3.63, 3.8) is 0 Å². The van der Waals surface area contributed by atoms with Gasteiger partial charge in [-0.1, -0.05) is 12.1 Å². The highest BCUT2D eigenvalue weighted by molar-refractivity contribution is 7.89. The highest BCUT2D eigenvalue weighted by atomic mass is 32.2. The van der Waals surface area contributed by atoms with Gasteiger partial charge in [0.05, 0.1) is 0 Å². The topological polar surface area (TPSA) is 83.6 Å². The highest BCUT2D eigenvalue weighted by Gasteiger charge is 2.38. The van der Waals surface area contributed by atoms with E-state index < -0.39 is 10.0 Å². The zero-order valence-corrected chi connectivity index (χ0v) is 13.0. The lowest BCUT2D eigenvalue weighted by Crippen LogP contribution is -2.44. The monoisotopic (exact) mass is 302 g/mol. The Kier molecular flexibility index (Phi) is 4.22. The summed E-state index contributed by atoms with van der Waals surface area (Å²) in [6, 6.07) is 0. The molecule has 1 N–H and O–H groups in total. The molecule has 1 aromatic heterocycles. The molecule has 20 heavy (non-hydrogen) atoms. The molecule has 0 saturated carbocycles. The van der Waals surface area contributed by atoms with Crippen LogP contribution in [0.3, 0.4) is 0 Å². The van der Waals surface area contributed by atoms with E-state index >= 15 is 0 Å². The fourth-order valence-electron chi connectivity index (χ4n) is 2.80. The number of aromatic nitrogens is 1. The first-order valence-corrected chi connectivity index (χ1v) is 8.34. The third-order valence-corrected chi connectivity index (χ3v) is 6.58. The van der Waals surface area contributed by atoms with E-state index in [1.165, 1.54) is 4.31 Å². The Morgan fingerprint density at radius 2 is 1.95 bits per heavy atom. The van der Waals surface area contributed by atoms with E-state index in [0.29, 0.717) is 37.4 Å². The zero-order valence-electron chi connectivity index (χ0n) is 12.2. The van der Waals surface area contributed by atoms with Crippen LogP contribution in [0, 0.1) is 19.3 Å². The minimum absolute atomic E-state index is 0.114. The molecule has 0 atom stereocenters. The summed E-state index contributed by atoms with van der Waals surface area (Å²) >= 11 is 0. The number of hydrogen-bond acceptors (Lipinski definition) is 5. The molecule has 2 rings (SSSR count). The minimum Gasteiger partial charge on any atom is -0.396 e. The number of nitrogens with zero attached hydrogens (tertiary/aromatic N) is 2. The predicted molar refractivity (Wildman–Crippen MR) is 73.8 cm³/mol. The lowest BCUT2D eigenvalue weighted by molar-refractivity contribution is 0.0647. The van der Waals surface area contributed by atoms with Crippen LogP contribution in [0.2, 0.25) is 0 Å². The SMILES string of the molecule is CCC1(CO)CCN(S(=O)(=O)c2c(C)noc2C)CC1. The maximum absolute atomic E-state index is 12.6. The van der Waals surface area contributed by atoms with Gasteiger partial charge in [0.2, 0.25) is 10.0 Å². The number of aryl methyl sites for hydroxylation is 2. The van der Waals surface area contributed by atoms with Gasteiger partial charge in [0.15, 0.2) is 5.76 Å². The second-order valence-corrected chi connectivity index (χ2v) is 7.44. The van der Waals surface area contributed by atoms with Crippen molar-refractivity contribution in [3.05, 3.63) is 11.5 Å². The third-order valence-electron chi connectivity index (χ3n) is 4.43. The number of hydrogen-bond donors (Lipinski definition) is 1. The number of aliphatic hydroxyl groups excluding tert-OH is 1. The lowest BCUT2D eigenvalue weighted by Gasteiger charge is -2.39. The predicted octanol–water partition coefficient (Wildman–Crippen LogP) is 1.46. The van der Waals surface area contributed by atoms with Crippen LogP contribution in [0.5, 0.6) is 0 Å². The number of piperidine rings is 1. The van der Waals surface area contributed by atoms with Crippen molar-refractivity contribution < 1.29 is 18.0 Å². The second-order valence-electron chi connectivity index (χ2n) is 5.57. The second kappa shape index (κ2) is 5.46. The van der Waals surface area contributed by atoms with Crippen LogP contribution in [-0.4, -0.2) is 42.7 Å². The summed E-state index contributed by atoms with van der Waals surface area (Å²) in [5.41, 5.74) is 0.266. The van der Waals surface area contributed by atoms with Gasteiger partial charge < -0.3 is 9.63 Å². The highest BCUT2D eigenvalue weighted by Crippen LogP contribution is 2.36. The van der Waals surface area contributed by atoms with Gasteiger partial charge >= 0.3 is 0 Å². The summed E-state index contributed by atoms with van der Waals surface area (Å²) in [6.45, 7) is 6.26. The molecular formula is C13H22N2O4S. The molecule has 1 aromatic rings. The van der Waals surface area contributed by atoms with Crippen LogP contribution in [0.1, 0.15) is 37.6 Å². The zero-order chi connectivity index (χ0) is 15.0. The van der Waals surface area contributed by atoms with Gasteiger partial charge in [0, 0.05) is 19.7 Å². The molecule has 1 aliphatic rings. The van der Waals surface area contributed by atoms with Crippen molar-refractivity contribution in [2.45, 2.75) is 44.9 Å². The molecule has 0 spiro atoms. The number of aliphatic hydroxyl groups is 1. The summed E-state index contributed by atoms with van der Waals surface area (Å²) in [6.07, 6.45) is 2.23. The summed E-state index contributed by atoms with van der Waals surface area (Å²) < 4.78 is 31.7. The van der Waals surface area contributed by atoms with E-state index in [4.69, 9.17) is 4.52 Å². The molecule has 1 fully saturated rings. The van der Waals surface area contributed by atoms with Gasteiger partial charge in [0.25, 0.3) is 0 Å². The van der Waals surface area contributed by atoms with Crippen LogP contribution in [0.4, 0.5) is 0 Å². The molecule has 114 valence electrons. The molecular weight excluding hydrogens is 280 g/mol. The Labute approximate surface area is 119 Å². The van der Waals surface area contributed by atoms with Gasteiger partial charge in [-0.3, -0.25) is 0 Å². The quantitative estimate of drug-likeness (QED) is 0.910. The van der Waals surface area contributed by atoms with Crippen LogP contribution in [0.15, 0.2) is 9.42 Å². The first-order valence-electron chi connectivity index (χ1n) is 6.90. The first-order chi connectivity index (χ1) is 9.36. The summed E-state index contributed by atoms with van der Waals surface area (Å²) in [7, 11) is -3.55. The number of sulfonamides is 1. The Hall–Kier alpha value is -0.920. The smallest absolute Gasteiger partial charge is 0.248 e. The molecule has 0 radical (unpaired) electrons. The van der Waals surface area contributed by atoms with Crippen molar-refractivity contribution in [1.29, 1.82) is 0 Å². The van der Waals surface area contributed by atoms with Gasteiger partial charge in [-0.15, -0.1) is 0 Å². The Balaban J connectivity index is 2.22. The maximum atomic E-state index is 12.6. The molecule has 0 aliphatic carbocycles. The molecule has 2 heterocycles. The van der Waals surface area contributed by atoms with E-state index in [2.05, 4.69) is 5.16 Å². The fourth-order valence-corrected chi connectivity index (χ4v) is 4.53. The minimum atomic E-state index is -3.55. The largest absolute Gasteiger partial charge is 0.396 e. The van der Waals surface area contributed by atoms with Gasteiger partial charge in [0.1, 0.15) is 10.6 Å². The van der Waals surface area contributed by atoms with Crippen molar-refractivity contribution in [2.24, 2.45) is 5.41 Å². The van der Waals surface area contributed by atoms with E-state index in [-0.39, 0.29) is 16.9 Å². The fraction of sp³-hybridized carbons (Fsp3) is 0.769. The Bertz CT molecular complexity index is 546. The van der Waals surface area contributed by atoms with Crippen LogP contribution < -0.4 is 0 Å². The van der Waals surface area contributed by atoms with E-state index in [9.17, 15) is 13.5 Å². The van der Waals surface area contributed by atoms with Crippen LogP contribution in [0.25, 0.3) is 0 Å². The Morgan fingerprint density at radius 1 is 1.35 bits per heavy atom. The van der Waals surface area contributed by atoms with Crippen molar-refractivity contribution in [3.8, 4) is 0 Å². The van der Waals surface area contributed by atoms with Gasteiger partial charge in [-0.05, 0) is 38.5 Å². The molecule has 1 aliphatic heterocycles. The van der Waals surface area contributed by atoms with Crippen LogP contribution in [-0.2, 0) is 10.0 Å². The maximum Gasteiger partial charge on any atom is 0.248 e. The summed E-state index contributed by atoms with van der Waals surface area (Å²) in [5.74, 6) is 0.331. The average molecular weight is 302 g/mol. The van der Waals surface area contributed by atoms with Crippen molar-refractivity contribution in [2.75, 3.05) is 19.7 Å². The van der Waals surface area contributed by atoms with Crippen molar-refractivity contribution >= 4 is 10.0 Å². The molecule has 1 saturated heterocycles. The Morgan fingerprint density at radius 3 is 2.35 bits per heavy atom. The summed E-state index contributed by atoms with van der Waals surface area (Å²) in [5, 5.41) is 13.2. The third kappa shape index (κ3) is 2.49. The first kappa shape index (κ1) is 15.5. The standard InChI is InChI=1S/C13H22N2O4S/c1-4-13(9-16)5-7-15(8-6-13)20(17,18)12-10(2)14-19-11(12)3/h16H,4-9H2,1-3H3. The van der Waals surface area contributed by atoms with Gasteiger partial charge in [-0.25, -0.2) is 8.42 Å². The van der Waals surface area contributed by atoms with Crippen molar-refractivity contribution in [1.82, 2.24) is 9.46 Å². The lowest BCUT2D eigenvalue weighted by atomic mass is 9.77. The van der Waals surface area contributed by atoms with Crippen LogP contribution >= 0.6 is 0 Å². The molecule has 7 heteroatoms.